The van der Waals surface area contributed by atoms with Gasteiger partial charge in [-0.15, -0.1) is 11.8 Å². The largest absolute Gasteiger partial charge is 0.326 e. The molecule has 1 aliphatic heterocycles. The van der Waals surface area contributed by atoms with Crippen LogP contribution in [0.15, 0.2) is 58.3 Å². The molecule has 2 N–H and O–H groups in total. The van der Waals surface area contributed by atoms with Gasteiger partial charge in [0.25, 0.3) is 0 Å². The van der Waals surface area contributed by atoms with Crippen LogP contribution in [0.2, 0.25) is 0 Å². The van der Waals surface area contributed by atoms with E-state index in [1.54, 1.807) is 42.6 Å². The Morgan fingerprint density at radius 1 is 1.10 bits per heavy atom. The number of nitrogens with zero attached hydrogens (tertiary/aromatic N) is 1. The lowest BCUT2D eigenvalue weighted by Gasteiger charge is -2.17. The summed E-state index contributed by atoms with van der Waals surface area (Å²) in [5.41, 5.74) is 1.26. The SMILES string of the molecule is CSc1ccc(N2CC(C(=O)Nc3ccc(S(=O)(=O)NC(C)C)cc3)CC2=O)cc1. The van der Waals surface area contributed by atoms with Crippen molar-refractivity contribution >= 4 is 45.0 Å². The van der Waals surface area contributed by atoms with E-state index >= 15 is 0 Å². The zero-order chi connectivity index (χ0) is 21.9. The van der Waals surface area contributed by atoms with Gasteiger partial charge in [-0.1, -0.05) is 0 Å². The highest BCUT2D eigenvalue weighted by Crippen LogP contribution is 2.28. The number of carbonyl (C=O) groups is 2. The van der Waals surface area contributed by atoms with Crippen molar-refractivity contribution in [3.63, 3.8) is 0 Å². The Kier molecular flexibility index (Phi) is 6.84. The molecule has 7 nitrogen and oxygen atoms in total. The molecule has 0 radical (unpaired) electrons. The minimum Gasteiger partial charge on any atom is -0.326 e. The lowest BCUT2D eigenvalue weighted by molar-refractivity contribution is -0.122. The number of amides is 2. The second-order valence-corrected chi connectivity index (χ2v) is 9.99. The number of hydrogen-bond acceptors (Lipinski definition) is 5. The molecule has 1 aliphatic rings. The molecular formula is C21H25N3O4S2. The van der Waals surface area contributed by atoms with Crippen molar-refractivity contribution in [1.82, 2.24) is 4.72 Å². The van der Waals surface area contributed by atoms with Gasteiger partial charge >= 0.3 is 0 Å². The van der Waals surface area contributed by atoms with Crippen LogP contribution >= 0.6 is 11.8 Å². The number of thioether (sulfide) groups is 1. The van der Waals surface area contributed by atoms with Crippen LogP contribution in [0.25, 0.3) is 0 Å². The monoisotopic (exact) mass is 447 g/mol. The molecule has 1 fully saturated rings. The zero-order valence-corrected chi connectivity index (χ0v) is 18.7. The fraction of sp³-hybridized carbons (Fsp3) is 0.333. The molecule has 1 atom stereocenters. The van der Waals surface area contributed by atoms with Crippen LogP contribution in [0.1, 0.15) is 20.3 Å². The first-order valence-electron chi connectivity index (χ1n) is 9.57. The van der Waals surface area contributed by atoms with Gasteiger partial charge in [-0.3, -0.25) is 9.59 Å². The topological polar surface area (TPSA) is 95.6 Å². The summed E-state index contributed by atoms with van der Waals surface area (Å²) >= 11 is 1.62. The molecule has 0 aliphatic carbocycles. The van der Waals surface area contributed by atoms with E-state index in [1.165, 1.54) is 12.1 Å². The number of carbonyl (C=O) groups excluding carboxylic acids is 2. The quantitative estimate of drug-likeness (QED) is 0.636. The molecule has 0 aromatic heterocycles. The standard InChI is InChI=1S/C21H25N3O4S2/c1-14(2)23-30(27,28)19-10-4-16(5-11-19)22-21(26)15-12-20(25)24(13-15)17-6-8-18(29-3)9-7-17/h4-11,14-15,23H,12-13H2,1-3H3,(H,22,26). The van der Waals surface area contributed by atoms with Crippen LogP contribution < -0.4 is 14.9 Å². The number of benzene rings is 2. The minimum atomic E-state index is -3.59. The Bertz CT molecular complexity index is 1020. The molecule has 2 amide bonds. The number of sulfonamides is 1. The third-order valence-corrected chi connectivity index (χ3v) is 7.12. The number of nitrogens with one attached hydrogen (secondary N) is 2. The highest BCUT2D eigenvalue weighted by molar-refractivity contribution is 7.98. The summed E-state index contributed by atoms with van der Waals surface area (Å²) in [7, 11) is -3.59. The molecule has 1 saturated heterocycles. The first-order chi connectivity index (χ1) is 14.2. The van der Waals surface area contributed by atoms with Crippen LogP contribution in [-0.4, -0.2) is 39.1 Å². The van der Waals surface area contributed by atoms with E-state index in [1.807, 2.05) is 30.5 Å². The lowest BCUT2D eigenvalue weighted by Crippen LogP contribution is -2.30. The summed E-state index contributed by atoms with van der Waals surface area (Å²) in [4.78, 5) is 27.9. The van der Waals surface area contributed by atoms with E-state index in [2.05, 4.69) is 10.0 Å². The maximum atomic E-state index is 12.6. The van der Waals surface area contributed by atoms with Gasteiger partial charge in [0.2, 0.25) is 21.8 Å². The molecule has 30 heavy (non-hydrogen) atoms. The highest BCUT2D eigenvalue weighted by Gasteiger charge is 2.35. The van der Waals surface area contributed by atoms with Crippen LogP contribution in [0.4, 0.5) is 11.4 Å². The van der Waals surface area contributed by atoms with Gasteiger partial charge in [0.05, 0.1) is 10.8 Å². The van der Waals surface area contributed by atoms with Crippen molar-refractivity contribution in [1.29, 1.82) is 0 Å². The number of rotatable bonds is 7. The Morgan fingerprint density at radius 3 is 2.30 bits per heavy atom. The normalized spacial score (nSPS) is 16.9. The summed E-state index contributed by atoms with van der Waals surface area (Å²) in [6, 6.07) is 13.4. The van der Waals surface area contributed by atoms with E-state index in [0.29, 0.717) is 12.2 Å². The molecule has 160 valence electrons. The smallest absolute Gasteiger partial charge is 0.240 e. The van der Waals surface area contributed by atoms with Gasteiger partial charge in [0.1, 0.15) is 0 Å². The fourth-order valence-corrected chi connectivity index (χ4v) is 4.89. The first-order valence-corrected chi connectivity index (χ1v) is 12.3. The zero-order valence-electron chi connectivity index (χ0n) is 17.1. The van der Waals surface area contributed by atoms with Crippen molar-refractivity contribution in [2.75, 3.05) is 23.0 Å². The second kappa shape index (κ2) is 9.20. The predicted octanol–water partition coefficient (Wildman–Crippen LogP) is 3.09. The number of anilines is 2. The third-order valence-electron chi connectivity index (χ3n) is 4.70. The third kappa shape index (κ3) is 5.21. The minimum absolute atomic E-state index is 0.0896. The molecule has 3 rings (SSSR count). The first kappa shape index (κ1) is 22.3. The van der Waals surface area contributed by atoms with E-state index in [-0.39, 0.29) is 29.2 Å². The Hall–Kier alpha value is -2.36. The molecule has 2 aromatic rings. The average molecular weight is 448 g/mol. The van der Waals surface area contributed by atoms with Gasteiger partial charge in [-0.05, 0) is 68.6 Å². The molecule has 2 aromatic carbocycles. The van der Waals surface area contributed by atoms with Crippen molar-refractivity contribution in [2.45, 2.75) is 36.1 Å². The Balaban J connectivity index is 1.64. The second-order valence-electron chi connectivity index (χ2n) is 7.39. The van der Waals surface area contributed by atoms with Gasteiger partial charge in [0, 0.05) is 35.3 Å². The summed E-state index contributed by atoms with van der Waals surface area (Å²) in [5, 5.41) is 2.78. The van der Waals surface area contributed by atoms with Crippen LogP contribution in [-0.2, 0) is 19.6 Å². The highest BCUT2D eigenvalue weighted by atomic mass is 32.2. The summed E-state index contributed by atoms with van der Waals surface area (Å²) in [6.07, 6.45) is 2.13. The van der Waals surface area contributed by atoms with Gasteiger partial charge in [-0.2, -0.15) is 0 Å². The molecule has 9 heteroatoms. The van der Waals surface area contributed by atoms with E-state index in [9.17, 15) is 18.0 Å². The fourth-order valence-electron chi connectivity index (χ4n) is 3.23. The maximum absolute atomic E-state index is 12.6. The van der Waals surface area contributed by atoms with Crippen molar-refractivity contribution in [3.05, 3.63) is 48.5 Å². The van der Waals surface area contributed by atoms with E-state index in [0.717, 1.165) is 10.6 Å². The summed E-state index contributed by atoms with van der Waals surface area (Å²) in [5.74, 6) is -0.820. The molecule has 1 unspecified atom stereocenters. The maximum Gasteiger partial charge on any atom is 0.240 e. The lowest BCUT2D eigenvalue weighted by atomic mass is 10.1. The Morgan fingerprint density at radius 2 is 1.73 bits per heavy atom. The van der Waals surface area contributed by atoms with Gasteiger partial charge in [0.15, 0.2) is 0 Å². The van der Waals surface area contributed by atoms with E-state index in [4.69, 9.17) is 0 Å². The summed E-state index contributed by atoms with van der Waals surface area (Å²) < 4.78 is 26.9. The van der Waals surface area contributed by atoms with Crippen molar-refractivity contribution in [3.8, 4) is 0 Å². The molecule has 1 heterocycles. The molecular weight excluding hydrogens is 422 g/mol. The molecule has 0 bridgehead atoms. The van der Waals surface area contributed by atoms with E-state index < -0.39 is 15.9 Å². The van der Waals surface area contributed by atoms with Crippen molar-refractivity contribution in [2.24, 2.45) is 5.92 Å². The van der Waals surface area contributed by atoms with Gasteiger partial charge in [-0.25, -0.2) is 13.1 Å². The van der Waals surface area contributed by atoms with Crippen LogP contribution in [0.5, 0.6) is 0 Å². The van der Waals surface area contributed by atoms with Crippen molar-refractivity contribution < 1.29 is 18.0 Å². The molecule has 0 spiro atoms. The van der Waals surface area contributed by atoms with Gasteiger partial charge < -0.3 is 10.2 Å². The van der Waals surface area contributed by atoms with Crippen LogP contribution in [0.3, 0.4) is 0 Å². The summed E-state index contributed by atoms with van der Waals surface area (Å²) in [6.45, 7) is 3.80. The average Bonchev–Trinajstić information content (AvgIpc) is 3.09. The molecule has 0 saturated carbocycles. The number of hydrogen-bond donors (Lipinski definition) is 2. The Labute approximate surface area is 181 Å². The predicted molar refractivity (Wildman–Crippen MR) is 119 cm³/mol. The van der Waals surface area contributed by atoms with Crippen LogP contribution in [0, 0.1) is 5.92 Å².